The molecule has 0 fully saturated rings. The number of rotatable bonds is 4. The second-order valence-corrected chi connectivity index (χ2v) is 5.49. The smallest absolute Gasteiger partial charge is 0.323 e. The molecule has 0 aliphatic carbocycles. The Kier molecular flexibility index (Phi) is 3.53. The maximum Gasteiger partial charge on any atom is 0.323 e. The number of H-pyrrole nitrogens is 2. The second-order valence-electron chi connectivity index (χ2n) is 4.58. The number of aromatic nitrogens is 2. The molecule has 1 heterocycles. The molecular weight excluding hydrogens is 332 g/mol. The minimum absolute atomic E-state index is 0.215. The van der Waals surface area contributed by atoms with E-state index in [0.29, 0.717) is 5.82 Å². The first-order valence-corrected chi connectivity index (χ1v) is 7.10. The first-order valence-electron chi connectivity index (χ1n) is 6.31. The van der Waals surface area contributed by atoms with Gasteiger partial charge in [-0.1, -0.05) is 28.6 Å². The summed E-state index contributed by atoms with van der Waals surface area (Å²) in [6.07, 6.45) is 0. The highest BCUT2D eigenvalue weighted by molar-refractivity contribution is 9.10. The van der Waals surface area contributed by atoms with Crippen molar-refractivity contribution in [3.05, 3.63) is 69.8 Å². The number of anilines is 2. The lowest BCUT2D eigenvalue weighted by Gasteiger charge is -2.12. The van der Waals surface area contributed by atoms with Crippen LogP contribution in [-0.4, -0.2) is 9.97 Å². The summed E-state index contributed by atoms with van der Waals surface area (Å²) in [5.41, 5.74) is 3.08. The fourth-order valence-corrected chi connectivity index (χ4v) is 2.46. The average Bonchev–Trinajstić information content (AvgIpc) is 2.78. The van der Waals surface area contributed by atoms with Gasteiger partial charge < -0.3 is 20.6 Å². The van der Waals surface area contributed by atoms with E-state index < -0.39 is 0 Å². The molecule has 1 aromatic heterocycles. The van der Waals surface area contributed by atoms with Crippen molar-refractivity contribution in [3.8, 4) is 0 Å². The summed E-state index contributed by atoms with van der Waals surface area (Å²) >= 11 is 3.42. The summed E-state index contributed by atoms with van der Waals surface area (Å²) in [6.45, 7) is 3.94. The highest BCUT2D eigenvalue weighted by atomic mass is 79.9. The van der Waals surface area contributed by atoms with Gasteiger partial charge >= 0.3 is 5.69 Å². The molecule has 5 nitrogen and oxygen atoms in total. The van der Waals surface area contributed by atoms with E-state index in [-0.39, 0.29) is 5.69 Å². The van der Waals surface area contributed by atoms with E-state index in [9.17, 15) is 4.79 Å². The third-order valence-electron chi connectivity index (χ3n) is 2.93. The molecule has 3 rings (SSSR count). The molecule has 0 atom stereocenters. The van der Waals surface area contributed by atoms with Crippen molar-refractivity contribution in [3.63, 3.8) is 0 Å². The fourth-order valence-electron chi connectivity index (χ4n) is 2.06. The van der Waals surface area contributed by atoms with Crippen LogP contribution in [0.3, 0.4) is 0 Å². The molecular formula is C15H13BrN4O. The van der Waals surface area contributed by atoms with E-state index >= 15 is 0 Å². The van der Waals surface area contributed by atoms with Crippen molar-refractivity contribution < 1.29 is 0 Å². The molecule has 2 aromatic carbocycles. The molecule has 0 bridgehead atoms. The monoisotopic (exact) mass is 344 g/mol. The number of benzene rings is 2. The van der Waals surface area contributed by atoms with Crippen LogP contribution in [0.15, 0.2) is 64.1 Å². The molecule has 6 heteroatoms. The van der Waals surface area contributed by atoms with Crippen molar-refractivity contribution in [2.75, 3.05) is 10.6 Å². The standard InChI is InChI=1S/C15H13BrN4O/c1-9(17-11-4-2-3-10(16)7-11)18-12-5-6-13-14(8-12)20-15(21)19-13/h2-8,17-18H,1H2,(H2,19,20,21). The number of fused-ring (bicyclic) bond motifs is 1. The van der Waals surface area contributed by atoms with E-state index in [1.54, 1.807) is 0 Å². The predicted octanol–water partition coefficient (Wildman–Crippen LogP) is 3.61. The van der Waals surface area contributed by atoms with Gasteiger partial charge in [-0.25, -0.2) is 4.79 Å². The Morgan fingerprint density at radius 2 is 1.71 bits per heavy atom. The maximum atomic E-state index is 11.2. The second kappa shape index (κ2) is 5.49. The number of aromatic amines is 2. The minimum Gasteiger partial charge on any atom is -0.342 e. The maximum absolute atomic E-state index is 11.2. The van der Waals surface area contributed by atoms with E-state index in [4.69, 9.17) is 0 Å². The topological polar surface area (TPSA) is 72.7 Å². The molecule has 4 N–H and O–H groups in total. The third kappa shape index (κ3) is 3.17. The molecule has 0 aliphatic rings. The lowest BCUT2D eigenvalue weighted by Crippen LogP contribution is -2.07. The van der Waals surface area contributed by atoms with Gasteiger partial charge in [-0.3, -0.25) is 0 Å². The van der Waals surface area contributed by atoms with Gasteiger partial charge in [-0.2, -0.15) is 0 Å². The first kappa shape index (κ1) is 13.5. The minimum atomic E-state index is -0.215. The van der Waals surface area contributed by atoms with Crippen molar-refractivity contribution in [1.82, 2.24) is 9.97 Å². The van der Waals surface area contributed by atoms with Crippen molar-refractivity contribution in [2.24, 2.45) is 0 Å². The van der Waals surface area contributed by atoms with Gasteiger partial charge in [0.05, 0.1) is 11.0 Å². The summed E-state index contributed by atoms with van der Waals surface area (Å²) < 4.78 is 0.992. The van der Waals surface area contributed by atoms with Crippen molar-refractivity contribution >= 4 is 38.3 Å². The third-order valence-corrected chi connectivity index (χ3v) is 3.42. The molecule has 0 radical (unpaired) electrons. The van der Waals surface area contributed by atoms with Crippen LogP contribution in [0.2, 0.25) is 0 Å². The van der Waals surface area contributed by atoms with E-state index in [1.807, 2.05) is 42.5 Å². The summed E-state index contributed by atoms with van der Waals surface area (Å²) in [5, 5.41) is 6.32. The summed E-state index contributed by atoms with van der Waals surface area (Å²) in [5.74, 6) is 0.644. The van der Waals surface area contributed by atoms with Crippen LogP contribution >= 0.6 is 15.9 Å². The molecule has 0 spiro atoms. The van der Waals surface area contributed by atoms with Crippen LogP contribution in [0, 0.1) is 0 Å². The van der Waals surface area contributed by atoms with Gasteiger partial charge in [0, 0.05) is 15.8 Å². The molecule has 21 heavy (non-hydrogen) atoms. The Morgan fingerprint density at radius 1 is 1.00 bits per heavy atom. The van der Waals surface area contributed by atoms with Gasteiger partial charge in [0.15, 0.2) is 0 Å². The number of hydrogen-bond donors (Lipinski definition) is 4. The lowest BCUT2D eigenvalue weighted by molar-refractivity contribution is 1.21. The van der Waals surface area contributed by atoms with Gasteiger partial charge in [0.1, 0.15) is 5.82 Å². The van der Waals surface area contributed by atoms with E-state index in [1.165, 1.54) is 0 Å². The van der Waals surface area contributed by atoms with Gasteiger partial charge in [-0.15, -0.1) is 0 Å². The molecule has 0 unspecified atom stereocenters. The van der Waals surface area contributed by atoms with Gasteiger partial charge in [-0.05, 0) is 36.4 Å². The molecule has 0 aliphatic heterocycles. The highest BCUT2D eigenvalue weighted by Gasteiger charge is 2.01. The van der Waals surface area contributed by atoms with E-state index in [2.05, 4.69) is 43.1 Å². The Bertz CT molecular complexity index is 865. The van der Waals surface area contributed by atoms with E-state index in [0.717, 1.165) is 26.9 Å². The Labute approximate surface area is 129 Å². The highest BCUT2D eigenvalue weighted by Crippen LogP contribution is 2.19. The van der Waals surface area contributed by atoms with Crippen molar-refractivity contribution in [2.45, 2.75) is 0 Å². The van der Waals surface area contributed by atoms with Gasteiger partial charge in [0.25, 0.3) is 0 Å². The van der Waals surface area contributed by atoms with Crippen LogP contribution < -0.4 is 16.3 Å². The number of imidazole rings is 1. The zero-order valence-corrected chi connectivity index (χ0v) is 12.6. The van der Waals surface area contributed by atoms with Crippen LogP contribution in [-0.2, 0) is 0 Å². The largest absolute Gasteiger partial charge is 0.342 e. The molecule has 106 valence electrons. The van der Waals surface area contributed by atoms with Gasteiger partial charge in [0.2, 0.25) is 0 Å². The Hall–Kier alpha value is -2.47. The van der Waals surface area contributed by atoms with Crippen LogP contribution in [0.5, 0.6) is 0 Å². The molecule has 0 saturated heterocycles. The molecule has 0 saturated carbocycles. The molecule has 3 aromatic rings. The zero-order chi connectivity index (χ0) is 14.8. The normalized spacial score (nSPS) is 10.5. The van der Waals surface area contributed by atoms with Crippen molar-refractivity contribution in [1.29, 1.82) is 0 Å². The first-order chi connectivity index (χ1) is 10.1. The van der Waals surface area contributed by atoms with Crippen LogP contribution in [0.4, 0.5) is 11.4 Å². The summed E-state index contributed by atoms with van der Waals surface area (Å²) in [7, 11) is 0. The number of nitrogens with one attached hydrogen (secondary N) is 4. The summed E-state index contributed by atoms with van der Waals surface area (Å²) in [6, 6.07) is 13.4. The van der Waals surface area contributed by atoms with Crippen LogP contribution in [0.25, 0.3) is 11.0 Å². The zero-order valence-electron chi connectivity index (χ0n) is 11.0. The number of halogens is 1. The average molecular weight is 345 g/mol. The predicted molar refractivity (Wildman–Crippen MR) is 89.4 cm³/mol. The van der Waals surface area contributed by atoms with Crippen LogP contribution in [0.1, 0.15) is 0 Å². The Morgan fingerprint density at radius 3 is 2.48 bits per heavy atom. The number of hydrogen-bond acceptors (Lipinski definition) is 3. The fraction of sp³-hybridized carbons (Fsp3) is 0. The summed E-state index contributed by atoms with van der Waals surface area (Å²) in [4.78, 5) is 16.7. The quantitative estimate of drug-likeness (QED) is 0.584. The lowest BCUT2D eigenvalue weighted by atomic mass is 10.2. The Balaban J connectivity index is 1.75. The SMILES string of the molecule is C=C(Nc1cccc(Br)c1)Nc1ccc2[nH]c(=O)[nH]c2c1. The molecule has 0 amide bonds.